The van der Waals surface area contributed by atoms with Crippen LogP contribution in [0.3, 0.4) is 0 Å². The summed E-state index contributed by atoms with van der Waals surface area (Å²) in [6.07, 6.45) is 9.68. The maximum Gasteiger partial charge on any atom is 0.0669 e. The summed E-state index contributed by atoms with van der Waals surface area (Å²) in [5.41, 5.74) is 8.24. The number of rotatable bonds is 2. The highest BCUT2D eigenvalue weighted by Crippen LogP contribution is 2.33. The Labute approximate surface area is 145 Å². The Bertz CT molecular complexity index is 746. The minimum Gasteiger partial charge on any atom is -0.302 e. The molecule has 1 aromatic carbocycles. The molecule has 1 aliphatic heterocycles. The molecular formula is C22H26N2. The van der Waals surface area contributed by atoms with Crippen molar-refractivity contribution in [2.75, 3.05) is 20.1 Å². The highest BCUT2D eigenvalue weighted by Gasteiger charge is 2.19. The van der Waals surface area contributed by atoms with Gasteiger partial charge in [-0.2, -0.15) is 0 Å². The van der Waals surface area contributed by atoms with Gasteiger partial charge in [0.25, 0.3) is 0 Å². The Kier molecular flexibility index (Phi) is 4.48. The van der Waals surface area contributed by atoms with Crippen LogP contribution in [0.4, 0.5) is 0 Å². The number of benzene rings is 1. The lowest BCUT2D eigenvalue weighted by Gasteiger charge is -2.23. The number of hydrogen-bond donors (Lipinski definition) is 0. The van der Waals surface area contributed by atoms with E-state index in [1.54, 1.807) is 0 Å². The average molecular weight is 318 g/mol. The number of nitrogens with zero attached hydrogens (tertiary/aromatic N) is 2. The van der Waals surface area contributed by atoms with Gasteiger partial charge in [-0.1, -0.05) is 42.8 Å². The Hall–Kier alpha value is -1.93. The largest absolute Gasteiger partial charge is 0.302 e. The summed E-state index contributed by atoms with van der Waals surface area (Å²) >= 11 is 0. The van der Waals surface area contributed by atoms with E-state index in [4.69, 9.17) is 4.98 Å². The summed E-state index contributed by atoms with van der Waals surface area (Å²) in [5.74, 6) is 0. The van der Waals surface area contributed by atoms with Crippen LogP contribution >= 0.6 is 0 Å². The molecule has 0 spiro atoms. The van der Waals surface area contributed by atoms with Gasteiger partial charge >= 0.3 is 0 Å². The van der Waals surface area contributed by atoms with Crippen molar-refractivity contribution in [3.8, 4) is 11.1 Å². The van der Waals surface area contributed by atoms with Gasteiger partial charge in [0.15, 0.2) is 0 Å². The number of pyridine rings is 1. The Balaban J connectivity index is 1.83. The fraction of sp³-hybridized carbons (Fsp3) is 0.409. The highest BCUT2D eigenvalue weighted by atomic mass is 15.1. The molecule has 24 heavy (non-hydrogen) atoms. The molecule has 0 saturated heterocycles. The molecule has 0 N–H and O–H groups in total. The van der Waals surface area contributed by atoms with Crippen LogP contribution in [0, 0.1) is 0 Å². The summed E-state index contributed by atoms with van der Waals surface area (Å²) in [4.78, 5) is 7.49. The fourth-order valence-corrected chi connectivity index (χ4v) is 3.92. The highest BCUT2D eigenvalue weighted by molar-refractivity contribution is 5.74. The lowest BCUT2D eigenvalue weighted by molar-refractivity contribution is 0.369. The Morgan fingerprint density at radius 3 is 2.58 bits per heavy atom. The maximum absolute atomic E-state index is 5.12. The molecule has 2 heteroatoms. The molecule has 1 aliphatic carbocycles. The second-order valence-corrected chi connectivity index (χ2v) is 7.15. The predicted molar refractivity (Wildman–Crippen MR) is 101 cm³/mol. The van der Waals surface area contributed by atoms with Gasteiger partial charge in [0.2, 0.25) is 0 Å². The van der Waals surface area contributed by atoms with Crippen LogP contribution in [-0.4, -0.2) is 30.0 Å². The second-order valence-electron chi connectivity index (χ2n) is 7.15. The van der Waals surface area contributed by atoms with Gasteiger partial charge in [-0.15, -0.1) is 0 Å². The van der Waals surface area contributed by atoms with E-state index in [-0.39, 0.29) is 0 Å². The Morgan fingerprint density at radius 2 is 1.79 bits per heavy atom. The van der Waals surface area contributed by atoms with E-state index in [1.807, 2.05) is 0 Å². The molecule has 0 unspecified atom stereocenters. The van der Waals surface area contributed by atoms with Gasteiger partial charge in [0, 0.05) is 18.8 Å². The monoisotopic (exact) mass is 318 g/mol. The normalized spacial score (nSPS) is 18.6. The molecule has 0 fully saturated rings. The first-order valence-electron chi connectivity index (χ1n) is 9.27. The maximum atomic E-state index is 5.12. The summed E-state index contributed by atoms with van der Waals surface area (Å²) < 4.78 is 0. The lowest BCUT2D eigenvalue weighted by atomic mass is 9.93. The third kappa shape index (κ3) is 3.16. The summed E-state index contributed by atoms with van der Waals surface area (Å²) in [7, 11) is 2.19. The van der Waals surface area contributed by atoms with Crippen LogP contribution in [0.5, 0.6) is 0 Å². The zero-order chi connectivity index (χ0) is 16.4. The predicted octanol–water partition coefficient (Wildman–Crippen LogP) is 4.74. The molecule has 2 heterocycles. The number of fused-ring (bicyclic) bond motifs is 1. The molecule has 0 saturated carbocycles. The van der Waals surface area contributed by atoms with E-state index in [1.165, 1.54) is 59.3 Å². The molecule has 0 bridgehead atoms. The van der Waals surface area contributed by atoms with Crippen LogP contribution in [0.25, 0.3) is 16.7 Å². The van der Waals surface area contributed by atoms with E-state index in [0.29, 0.717) is 0 Å². The lowest BCUT2D eigenvalue weighted by Crippen LogP contribution is -2.24. The van der Waals surface area contributed by atoms with Crippen molar-refractivity contribution in [2.45, 2.75) is 38.5 Å². The van der Waals surface area contributed by atoms with Gasteiger partial charge in [0.05, 0.1) is 5.69 Å². The quantitative estimate of drug-likeness (QED) is 0.744. The smallest absolute Gasteiger partial charge is 0.0669 e. The second kappa shape index (κ2) is 6.90. The van der Waals surface area contributed by atoms with Crippen molar-refractivity contribution in [3.63, 3.8) is 0 Å². The molecule has 4 rings (SSSR count). The standard InChI is InChI=1S/C22H26N2/c1-24-14-12-18(13-15-24)22-16-20(17-8-4-2-5-9-17)19-10-6-3-7-11-21(19)23-22/h2,4-5,8-9,12,16H,3,6-7,10-11,13-15H2,1H3. The van der Waals surface area contributed by atoms with E-state index in [0.717, 1.165) is 25.9 Å². The minimum atomic E-state index is 1.04. The topological polar surface area (TPSA) is 16.1 Å². The van der Waals surface area contributed by atoms with Crippen molar-refractivity contribution in [3.05, 3.63) is 59.4 Å². The zero-order valence-electron chi connectivity index (χ0n) is 14.6. The van der Waals surface area contributed by atoms with E-state index in [9.17, 15) is 0 Å². The molecule has 0 radical (unpaired) electrons. The first kappa shape index (κ1) is 15.6. The average Bonchev–Trinajstić information content (AvgIpc) is 2.87. The summed E-state index contributed by atoms with van der Waals surface area (Å²) in [6, 6.07) is 13.2. The van der Waals surface area contributed by atoms with Crippen molar-refractivity contribution in [2.24, 2.45) is 0 Å². The van der Waals surface area contributed by atoms with Gasteiger partial charge in [-0.25, -0.2) is 0 Å². The van der Waals surface area contributed by atoms with Crippen LogP contribution in [-0.2, 0) is 12.8 Å². The molecule has 2 aliphatic rings. The molecule has 2 nitrogen and oxygen atoms in total. The number of aryl methyl sites for hydroxylation is 1. The van der Waals surface area contributed by atoms with Crippen molar-refractivity contribution in [1.29, 1.82) is 0 Å². The van der Waals surface area contributed by atoms with Crippen LogP contribution in [0.1, 0.15) is 42.6 Å². The summed E-state index contributed by atoms with van der Waals surface area (Å²) in [5, 5.41) is 0. The molecule has 2 aromatic rings. The van der Waals surface area contributed by atoms with Gasteiger partial charge in [-0.05, 0) is 67.5 Å². The fourth-order valence-electron chi connectivity index (χ4n) is 3.92. The SMILES string of the molecule is CN1CC=C(c2cc(-c3ccccc3)c3c(n2)CCCCC3)CC1. The van der Waals surface area contributed by atoms with E-state index in [2.05, 4.69) is 54.4 Å². The third-order valence-corrected chi connectivity index (χ3v) is 5.38. The van der Waals surface area contributed by atoms with Crippen LogP contribution < -0.4 is 0 Å². The number of aromatic nitrogens is 1. The Morgan fingerprint density at radius 1 is 0.958 bits per heavy atom. The minimum absolute atomic E-state index is 1.04. The zero-order valence-corrected chi connectivity index (χ0v) is 14.6. The van der Waals surface area contributed by atoms with Crippen molar-refractivity contribution in [1.82, 2.24) is 9.88 Å². The van der Waals surface area contributed by atoms with Crippen LogP contribution in [0.15, 0.2) is 42.5 Å². The molecular weight excluding hydrogens is 292 g/mol. The van der Waals surface area contributed by atoms with Crippen molar-refractivity contribution < 1.29 is 0 Å². The van der Waals surface area contributed by atoms with Crippen LogP contribution in [0.2, 0.25) is 0 Å². The van der Waals surface area contributed by atoms with Crippen molar-refractivity contribution >= 4 is 5.57 Å². The first-order chi connectivity index (χ1) is 11.8. The molecule has 0 atom stereocenters. The number of likely N-dealkylation sites (N-methyl/N-ethyl adjacent to an activating group) is 1. The third-order valence-electron chi connectivity index (χ3n) is 5.38. The van der Waals surface area contributed by atoms with E-state index >= 15 is 0 Å². The first-order valence-corrected chi connectivity index (χ1v) is 9.27. The summed E-state index contributed by atoms with van der Waals surface area (Å²) in [6.45, 7) is 2.17. The van der Waals surface area contributed by atoms with Gasteiger partial charge < -0.3 is 4.90 Å². The van der Waals surface area contributed by atoms with Gasteiger partial charge in [-0.3, -0.25) is 4.98 Å². The molecule has 1 aromatic heterocycles. The molecule has 124 valence electrons. The van der Waals surface area contributed by atoms with E-state index < -0.39 is 0 Å². The molecule has 0 amide bonds. The number of hydrogen-bond acceptors (Lipinski definition) is 2. The van der Waals surface area contributed by atoms with Gasteiger partial charge in [0.1, 0.15) is 0 Å².